The zero-order valence-electron chi connectivity index (χ0n) is 18.4. The van der Waals surface area contributed by atoms with Gasteiger partial charge in [0.2, 0.25) is 0 Å². The van der Waals surface area contributed by atoms with E-state index in [0.29, 0.717) is 32.1 Å². The number of aryl methyl sites for hydroxylation is 2. The van der Waals surface area contributed by atoms with E-state index >= 15 is 0 Å². The van der Waals surface area contributed by atoms with Crippen LogP contribution in [0.2, 0.25) is 0 Å². The Hall–Kier alpha value is -1.36. The number of aromatic amines is 1. The first-order valence-corrected chi connectivity index (χ1v) is 12.2. The molecule has 2 aliphatic rings. The highest BCUT2D eigenvalue weighted by atomic mass is 32.1. The quantitative estimate of drug-likeness (QED) is 0.529. The molecule has 172 valence electrons. The first-order chi connectivity index (χ1) is 15.1. The van der Waals surface area contributed by atoms with E-state index in [2.05, 4.69) is 14.8 Å². The average Bonchev–Trinajstić information content (AvgIpc) is 3.13. The van der Waals surface area contributed by atoms with Crippen molar-refractivity contribution >= 4 is 21.6 Å². The van der Waals surface area contributed by atoms with Crippen LogP contribution in [0.4, 0.5) is 0 Å². The number of nitrogens with zero attached hydrogens (tertiary/aromatic N) is 3. The number of H-pyrrole nitrogens is 1. The summed E-state index contributed by atoms with van der Waals surface area (Å²) in [5, 5.41) is 11.5. The molecule has 1 fully saturated rings. The number of β-amino-alcohol motifs (C(OH)–C–C–N with tert-alkyl or cyclic N) is 1. The second kappa shape index (κ2) is 11.0. The maximum atomic E-state index is 12.9. The van der Waals surface area contributed by atoms with Crippen LogP contribution in [0.5, 0.6) is 0 Å². The molecule has 0 spiro atoms. The highest BCUT2D eigenvalue weighted by Crippen LogP contribution is 2.33. The number of aliphatic hydroxyl groups excluding tert-OH is 1. The minimum atomic E-state index is -0.467. The molecule has 9 heteroatoms. The van der Waals surface area contributed by atoms with Gasteiger partial charge in [0.05, 0.1) is 31.2 Å². The number of methoxy groups -OCH3 is 1. The van der Waals surface area contributed by atoms with Gasteiger partial charge in [0.15, 0.2) is 0 Å². The van der Waals surface area contributed by atoms with E-state index < -0.39 is 6.10 Å². The fraction of sp³-hybridized carbons (Fsp3) is 0.727. The standard InChI is InChI=1S/C22H34N4O4S/c1-29-10-4-7-26(14-16(27)13-25-8-11-30-12-9-25)15-19-23-21(28)20-17-5-2-3-6-18(17)31-22(20)24-19/h16,27H,2-15H2,1H3,(H,23,24,28). The number of thiophene rings is 1. The van der Waals surface area contributed by atoms with Crippen molar-refractivity contribution in [2.45, 2.75) is 44.8 Å². The summed E-state index contributed by atoms with van der Waals surface area (Å²) in [5.41, 5.74) is 1.19. The Morgan fingerprint density at radius 2 is 2.13 bits per heavy atom. The summed E-state index contributed by atoms with van der Waals surface area (Å²) in [6, 6.07) is 0. The van der Waals surface area contributed by atoms with Crippen LogP contribution in [0.1, 0.15) is 35.5 Å². The lowest BCUT2D eigenvalue weighted by molar-refractivity contribution is 0.00550. The van der Waals surface area contributed by atoms with Gasteiger partial charge >= 0.3 is 0 Å². The Morgan fingerprint density at radius 1 is 1.32 bits per heavy atom. The molecule has 8 nitrogen and oxygen atoms in total. The SMILES string of the molecule is COCCCN(Cc1nc2sc3c(c2c(=O)[nH]1)CCCC3)CC(O)CN1CCOCC1. The molecule has 2 N–H and O–H groups in total. The fourth-order valence-corrected chi connectivity index (χ4v) is 5.88. The van der Waals surface area contributed by atoms with Crippen molar-refractivity contribution in [1.82, 2.24) is 19.8 Å². The van der Waals surface area contributed by atoms with Crippen LogP contribution in [0.3, 0.4) is 0 Å². The fourth-order valence-electron chi connectivity index (χ4n) is 4.60. The van der Waals surface area contributed by atoms with Crippen molar-refractivity contribution in [2.75, 3.05) is 59.7 Å². The molecular weight excluding hydrogens is 416 g/mol. The molecular formula is C22H34N4O4S. The lowest BCUT2D eigenvalue weighted by Crippen LogP contribution is -2.45. The van der Waals surface area contributed by atoms with Crippen LogP contribution in [-0.2, 0) is 28.9 Å². The lowest BCUT2D eigenvalue weighted by Gasteiger charge is -2.31. The Morgan fingerprint density at radius 3 is 2.94 bits per heavy atom. The Bertz CT molecular complexity index is 909. The summed E-state index contributed by atoms with van der Waals surface area (Å²) in [6.07, 6.45) is 4.77. The van der Waals surface area contributed by atoms with Crippen LogP contribution in [0.25, 0.3) is 10.2 Å². The highest BCUT2D eigenvalue weighted by Gasteiger charge is 2.22. The van der Waals surface area contributed by atoms with Gasteiger partial charge in [0.25, 0.3) is 5.56 Å². The minimum Gasteiger partial charge on any atom is -0.390 e. The molecule has 3 heterocycles. The first kappa shape index (κ1) is 22.8. The minimum absolute atomic E-state index is 0.0230. The van der Waals surface area contributed by atoms with E-state index in [9.17, 15) is 9.90 Å². The highest BCUT2D eigenvalue weighted by molar-refractivity contribution is 7.18. The zero-order chi connectivity index (χ0) is 21.6. The van der Waals surface area contributed by atoms with Gasteiger partial charge in [-0.3, -0.25) is 14.6 Å². The zero-order valence-corrected chi connectivity index (χ0v) is 19.2. The molecule has 1 saturated heterocycles. The number of morpholine rings is 1. The predicted molar refractivity (Wildman–Crippen MR) is 122 cm³/mol. The van der Waals surface area contributed by atoms with Crippen LogP contribution in [0.15, 0.2) is 4.79 Å². The average molecular weight is 451 g/mol. The van der Waals surface area contributed by atoms with Crippen LogP contribution < -0.4 is 5.56 Å². The topological polar surface area (TPSA) is 90.9 Å². The molecule has 2 aromatic heterocycles. The van der Waals surface area contributed by atoms with Crippen LogP contribution in [0, 0.1) is 0 Å². The molecule has 31 heavy (non-hydrogen) atoms. The molecule has 2 aromatic rings. The number of aliphatic hydroxyl groups is 1. The van der Waals surface area contributed by atoms with E-state index in [1.807, 2.05) is 0 Å². The van der Waals surface area contributed by atoms with Crippen molar-refractivity contribution in [2.24, 2.45) is 0 Å². The maximum absolute atomic E-state index is 12.9. The van der Waals surface area contributed by atoms with Gasteiger partial charge in [-0.2, -0.15) is 0 Å². The van der Waals surface area contributed by atoms with Crippen molar-refractivity contribution in [3.8, 4) is 0 Å². The van der Waals surface area contributed by atoms with Crippen LogP contribution in [-0.4, -0.2) is 90.6 Å². The van der Waals surface area contributed by atoms with Crippen molar-refractivity contribution in [3.05, 3.63) is 26.6 Å². The molecule has 0 saturated carbocycles. The van der Waals surface area contributed by atoms with Gasteiger partial charge in [-0.1, -0.05) is 0 Å². The summed E-state index contributed by atoms with van der Waals surface area (Å²) >= 11 is 1.68. The smallest absolute Gasteiger partial charge is 0.259 e. The van der Waals surface area contributed by atoms with Gasteiger partial charge in [-0.25, -0.2) is 4.98 Å². The lowest BCUT2D eigenvalue weighted by atomic mass is 9.97. The second-order valence-corrected chi connectivity index (χ2v) is 9.64. The predicted octanol–water partition coefficient (Wildman–Crippen LogP) is 1.40. The normalized spacial score (nSPS) is 18.5. The summed E-state index contributed by atoms with van der Waals surface area (Å²) in [4.78, 5) is 27.3. The first-order valence-electron chi connectivity index (χ1n) is 11.4. The second-order valence-electron chi connectivity index (χ2n) is 8.55. The molecule has 1 aliphatic heterocycles. The number of aromatic nitrogens is 2. The number of hydrogen-bond donors (Lipinski definition) is 2. The molecule has 4 rings (SSSR count). The third kappa shape index (κ3) is 5.91. The Kier molecular flexibility index (Phi) is 8.08. The third-order valence-electron chi connectivity index (χ3n) is 6.11. The van der Waals surface area contributed by atoms with Gasteiger partial charge in [-0.05, 0) is 37.7 Å². The molecule has 1 unspecified atom stereocenters. The number of rotatable bonds is 10. The van der Waals surface area contributed by atoms with Gasteiger partial charge in [0, 0.05) is 51.3 Å². The van der Waals surface area contributed by atoms with Crippen molar-refractivity contribution in [3.63, 3.8) is 0 Å². The monoisotopic (exact) mass is 450 g/mol. The largest absolute Gasteiger partial charge is 0.390 e. The van der Waals surface area contributed by atoms with E-state index in [4.69, 9.17) is 14.5 Å². The summed E-state index contributed by atoms with van der Waals surface area (Å²) in [7, 11) is 1.70. The van der Waals surface area contributed by atoms with Gasteiger partial charge in [-0.15, -0.1) is 11.3 Å². The molecule has 0 radical (unpaired) electrons. The van der Waals surface area contributed by atoms with Crippen molar-refractivity contribution in [1.29, 1.82) is 0 Å². The molecule has 0 amide bonds. The Labute approximate surface area is 187 Å². The third-order valence-corrected chi connectivity index (χ3v) is 7.30. The van der Waals surface area contributed by atoms with Gasteiger partial charge < -0.3 is 19.6 Å². The molecule has 1 aliphatic carbocycles. The molecule has 1 atom stereocenters. The van der Waals surface area contributed by atoms with Crippen molar-refractivity contribution < 1.29 is 14.6 Å². The number of ether oxygens (including phenoxy) is 2. The number of hydrogen-bond acceptors (Lipinski definition) is 8. The van der Waals surface area contributed by atoms with Gasteiger partial charge in [0.1, 0.15) is 10.7 Å². The van der Waals surface area contributed by atoms with E-state index in [1.54, 1.807) is 18.4 Å². The van der Waals surface area contributed by atoms with E-state index in [1.165, 1.54) is 16.9 Å². The molecule has 0 bridgehead atoms. The Balaban J connectivity index is 1.46. The van der Waals surface area contributed by atoms with Crippen LogP contribution >= 0.6 is 11.3 Å². The van der Waals surface area contributed by atoms with E-state index in [-0.39, 0.29) is 5.56 Å². The summed E-state index contributed by atoms with van der Waals surface area (Å²) < 4.78 is 10.6. The van der Waals surface area contributed by atoms with E-state index in [0.717, 1.165) is 68.7 Å². The number of fused-ring (bicyclic) bond motifs is 3. The summed E-state index contributed by atoms with van der Waals surface area (Å²) in [6.45, 7) is 6.27. The summed E-state index contributed by atoms with van der Waals surface area (Å²) in [5.74, 6) is 0.673. The maximum Gasteiger partial charge on any atom is 0.259 e. The number of nitrogens with one attached hydrogen (secondary N) is 1. The molecule has 0 aromatic carbocycles.